The number of carboxylic acids is 1. The second-order valence-corrected chi connectivity index (χ2v) is 7.88. The van der Waals surface area contributed by atoms with Crippen molar-refractivity contribution >= 4 is 52.2 Å². The SMILES string of the molecule is CC1=CCCC=C1C(=O)Oc1ccc(/C=C2\SC(=S)N(CC(=O)O)C2=O)cc1. The number of ether oxygens (including phenoxy) is 1. The zero-order chi connectivity index (χ0) is 20.3. The number of hydrogen-bond donors (Lipinski definition) is 1. The van der Waals surface area contributed by atoms with Crippen molar-refractivity contribution < 1.29 is 24.2 Å². The molecule has 0 spiro atoms. The summed E-state index contributed by atoms with van der Waals surface area (Å²) in [6, 6.07) is 6.71. The quantitative estimate of drug-likeness (QED) is 0.341. The summed E-state index contributed by atoms with van der Waals surface area (Å²) in [5.41, 5.74) is 2.21. The minimum atomic E-state index is -1.12. The molecular formula is C20H17NO5S2. The molecule has 0 aromatic heterocycles. The number of carbonyl (C=O) groups is 3. The number of carbonyl (C=O) groups excluding carboxylic acids is 2. The number of hydrogen-bond acceptors (Lipinski definition) is 6. The Balaban J connectivity index is 1.69. The van der Waals surface area contributed by atoms with Gasteiger partial charge in [-0.25, -0.2) is 4.79 Å². The molecule has 1 aliphatic heterocycles. The Bertz CT molecular complexity index is 944. The van der Waals surface area contributed by atoms with Gasteiger partial charge < -0.3 is 9.84 Å². The first-order valence-electron chi connectivity index (χ1n) is 8.52. The molecule has 8 heteroatoms. The van der Waals surface area contributed by atoms with Crippen molar-refractivity contribution in [1.29, 1.82) is 0 Å². The fraction of sp³-hybridized carbons (Fsp3) is 0.200. The summed E-state index contributed by atoms with van der Waals surface area (Å²) in [5.74, 6) is -1.54. The molecule has 0 unspecified atom stereocenters. The number of thioether (sulfide) groups is 1. The molecule has 0 atom stereocenters. The highest BCUT2D eigenvalue weighted by molar-refractivity contribution is 8.26. The van der Waals surface area contributed by atoms with E-state index in [9.17, 15) is 14.4 Å². The predicted octanol–water partition coefficient (Wildman–Crippen LogP) is 3.54. The molecule has 144 valence electrons. The number of aliphatic carboxylic acids is 1. The molecule has 2 aliphatic rings. The molecule has 1 fully saturated rings. The predicted molar refractivity (Wildman–Crippen MR) is 111 cm³/mol. The van der Waals surface area contributed by atoms with Crippen molar-refractivity contribution in [1.82, 2.24) is 4.90 Å². The van der Waals surface area contributed by atoms with Gasteiger partial charge in [0, 0.05) is 0 Å². The van der Waals surface area contributed by atoms with Crippen LogP contribution < -0.4 is 4.74 Å². The van der Waals surface area contributed by atoms with E-state index in [1.54, 1.807) is 30.3 Å². The van der Waals surface area contributed by atoms with E-state index < -0.39 is 24.4 Å². The molecule has 0 bridgehead atoms. The minimum Gasteiger partial charge on any atom is -0.480 e. The summed E-state index contributed by atoms with van der Waals surface area (Å²) in [4.78, 5) is 36.8. The third-order valence-corrected chi connectivity index (χ3v) is 5.54. The van der Waals surface area contributed by atoms with E-state index in [1.165, 1.54) is 0 Å². The molecule has 0 radical (unpaired) electrons. The van der Waals surface area contributed by atoms with Crippen LogP contribution in [-0.2, 0) is 14.4 Å². The summed E-state index contributed by atoms with van der Waals surface area (Å²) in [5, 5.41) is 8.87. The molecule has 1 amide bonds. The Hall–Kier alpha value is -2.71. The van der Waals surface area contributed by atoms with Gasteiger partial charge in [0.1, 0.15) is 16.6 Å². The Morgan fingerprint density at radius 1 is 1.25 bits per heavy atom. The van der Waals surface area contributed by atoms with E-state index in [2.05, 4.69) is 0 Å². The summed E-state index contributed by atoms with van der Waals surface area (Å²) in [6.45, 7) is 1.43. The van der Waals surface area contributed by atoms with Gasteiger partial charge in [-0.3, -0.25) is 14.5 Å². The lowest BCUT2D eigenvalue weighted by atomic mass is 9.99. The minimum absolute atomic E-state index is 0.216. The number of benzene rings is 1. The van der Waals surface area contributed by atoms with Gasteiger partial charge in [-0.2, -0.15) is 0 Å². The molecular weight excluding hydrogens is 398 g/mol. The molecule has 6 nitrogen and oxygen atoms in total. The molecule has 3 rings (SSSR count). The highest BCUT2D eigenvalue weighted by Gasteiger charge is 2.33. The molecule has 1 aliphatic carbocycles. The zero-order valence-electron chi connectivity index (χ0n) is 15.0. The Labute approximate surface area is 171 Å². The number of esters is 1. The van der Waals surface area contributed by atoms with Crippen molar-refractivity contribution in [2.45, 2.75) is 19.8 Å². The van der Waals surface area contributed by atoms with Crippen LogP contribution in [0.1, 0.15) is 25.3 Å². The molecule has 28 heavy (non-hydrogen) atoms. The van der Waals surface area contributed by atoms with Crippen LogP contribution in [-0.4, -0.2) is 38.7 Å². The molecule has 0 saturated carbocycles. The van der Waals surface area contributed by atoms with Crippen LogP contribution in [0, 0.1) is 0 Å². The average molecular weight is 415 g/mol. The maximum absolute atomic E-state index is 12.3. The molecule has 1 aromatic rings. The third kappa shape index (κ3) is 4.58. The monoisotopic (exact) mass is 415 g/mol. The Kier molecular flexibility index (Phi) is 6.11. The normalized spacial score (nSPS) is 18.2. The van der Waals surface area contributed by atoms with Gasteiger partial charge >= 0.3 is 11.9 Å². The van der Waals surface area contributed by atoms with E-state index in [4.69, 9.17) is 22.1 Å². The molecule has 1 saturated heterocycles. The van der Waals surface area contributed by atoms with Gasteiger partial charge in [-0.1, -0.05) is 48.3 Å². The maximum atomic E-state index is 12.3. The number of allylic oxidation sites excluding steroid dienone is 2. The van der Waals surface area contributed by atoms with Crippen LogP contribution in [0.3, 0.4) is 0 Å². The Morgan fingerprint density at radius 2 is 1.93 bits per heavy atom. The number of carboxylic acid groups (broad SMARTS) is 1. The van der Waals surface area contributed by atoms with Crippen LogP contribution in [0.15, 0.2) is 52.5 Å². The Morgan fingerprint density at radius 3 is 2.57 bits per heavy atom. The van der Waals surface area contributed by atoms with Gasteiger partial charge in [-0.05, 0) is 49.1 Å². The lowest BCUT2D eigenvalue weighted by Crippen LogP contribution is -2.33. The van der Waals surface area contributed by atoms with E-state index in [1.807, 2.05) is 19.1 Å². The lowest BCUT2D eigenvalue weighted by Gasteiger charge is -2.12. The zero-order valence-corrected chi connectivity index (χ0v) is 16.6. The number of thiocarbonyl (C=S) groups is 1. The maximum Gasteiger partial charge on any atom is 0.343 e. The summed E-state index contributed by atoms with van der Waals surface area (Å²) >= 11 is 6.12. The smallest absolute Gasteiger partial charge is 0.343 e. The first-order chi connectivity index (χ1) is 13.3. The average Bonchev–Trinajstić information content (AvgIpc) is 2.90. The van der Waals surface area contributed by atoms with Crippen molar-refractivity contribution in [3.63, 3.8) is 0 Å². The van der Waals surface area contributed by atoms with Gasteiger partial charge in [0.25, 0.3) is 5.91 Å². The highest BCUT2D eigenvalue weighted by atomic mass is 32.2. The van der Waals surface area contributed by atoms with Gasteiger partial charge in [0.05, 0.1) is 10.5 Å². The molecule has 1 heterocycles. The summed E-state index contributed by atoms with van der Waals surface area (Å²) in [7, 11) is 0. The fourth-order valence-electron chi connectivity index (χ4n) is 2.76. The van der Waals surface area contributed by atoms with Gasteiger partial charge in [-0.15, -0.1) is 0 Å². The van der Waals surface area contributed by atoms with Crippen LogP contribution in [0.5, 0.6) is 5.75 Å². The van der Waals surface area contributed by atoms with Gasteiger partial charge in [0.2, 0.25) is 0 Å². The van der Waals surface area contributed by atoms with Crippen molar-refractivity contribution in [2.24, 2.45) is 0 Å². The fourth-order valence-corrected chi connectivity index (χ4v) is 4.01. The first kappa shape index (κ1) is 20.0. The molecule has 1 N–H and O–H groups in total. The first-order valence-corrected chi connectivity index (χ1v) is 9.74. The van der Waals surface area contributed by atoms with Crippen LogP contribution >= 0.6 is 24.0 Å². The van der Waals surface area contributed by atoms with Crippen LogP contribution in [0.25, 0.3) is 6.08 Å². The topological polar surface area (TPSA) is 83.9 Å². The molecule has 1 aromatic carbocycles. The number of rotatable bonds is 5. The highest BCUT2D eigenvalue weighted by Crippen LogP contribution is 2.32. The second-order valence-electron chi connectivity index (χ2n) is 6.20. The van der Waals surface area contributed by atoms with Gasteiger partial charge in [0.15, 0.2) is 0 Å². The number of amides is 1. The van der Waals surface area contributed by atoms with E-state index in [0.29, 0.717) is 21.8 Å². The van der Waals surface area contributed by atoms with Crippen molar-refractivity contribution in [3.8, 4) is 5.75 Å². The van der Waals surface area contributed by atoms with Crippen molar-refractivity contribution in [2.75, 3.05) is 6.54 Å². The van der Waals surface area contributed by atoms with E-state index in [-0.39, 0.29) is 4.32 Å². The van der Waals surface area contributed by atoms with Crippen molar-refractivity contribution in [3.05, 3.63) is 58.0 Å². The second kappa shape index (κ2) is 8.53. The van der Waals surface area contributed by atoms with E-state index >= 15 is 0 Å². The van der Waals surface area contributed by atoms with Crippen LogP contribution in [0.4, 0.5) is 0 Å². The lowest BCUT2D eigenvalue weighted by molar-refractivity contribution is -0.140. The standard InChI is InChI=1S/C20H17NO5S2/c1-12-4-2-3-5-15(12)19(25)26-14-8-6-13(7-9-14)10-16-18(24)21(11-17(22)23)20(27)28-16/h4-10H,2-3,11H2,1H3,(H,22,23)/b16-10-. The van der Waals surface area contributed by atoms with E-state index in [0.717, 1.165) is 35.1 Å². The number of nitrogens with zero attached hydrogens (tertiary/aromatic N) is 1. The van der Waals surface area contributed by atoms with Crippen LogP contribution in [0.2, 0.25) is 0 Å². The summed E-state index contributed by atoms with van der Waals surface area (Å²) in [6.07, 6.45) is 7.27. The summed E-state index contributed by atoms with van der Waals surface area (Å²) < 4.78 is 5.63. The largest absolute Gasteiger partial charge is 0.480 e. The third-order valence-electron chi connectivity index (χ3n) is 4.17.